The lowest BCUT2D eigenvalue weighted by atomic mass is 10.3. The first-order valence-corrected chi connectivity index (χ1v) is 6.44. The zero-order chi connectivity index (χ0) is 14.3. The summed E-state index contributed by atoms with van der Waals surface area (Å²) < 4.78 is 0. The first kappa shape index (κ1) is 15.2. The Hall–Kier alpha value is -1.88. The van der Waals surface area contributed by atoms with Gasteiger partial charge in [-0.2, -0.15) is 0 Å². The fourth-order valence-corrected chi connectivity index (χ4v) is 2.37. The van der Waals surface area contributed by atoms with Crippen LogP contribution in [0, 0.1) is 11.8 Å². The quantitative estimate of drug-likeness (QED) is 0.569. The van der Waals surface area contributed by atoms with Crippen LogP contribution in [0.1, 0.15) is 10.4 Å². The van der Waals surface area contributed by atoms with Crippen molar-refractivity contribution in [1.29, 1.82) is 0 Å². The summed E-state index contributed by atoms with van der Waals surface area (Å²) in [5.41, 5.74) is 16.4. The van der Waals surface area contributed by atoms with Gasteiger partial charge in [0.05, 0.1) is 19.6 Å². The maximum absolute atomic E-state index is 10.9. The van der Waals surface area contributed by atoms with Crippen LogP contribution in [-0.4, -0.2) is 36.3 Å². The Morgan fingerprint density at radius 3 is 2.42 bits per heavy atom. The zero-order valence-corrected chi connectivity index (χ0v) is 11.2. The van der Waals surface area contributed by atoms with E-state index in [4.69, 9.17) is 17.2 Å². The molecule has 0 saturated carbocycles. The molecule has 19 heavy (non-hydrogen) atoms. The first-order chi connectivity index (χ1) is 9.01. The molecule has 7 heteroatoms. The van der Waals surface area contributed by atoms with E-state index in [2.05, 4.69) is 11.8 Å². The Morgan fingerprint density at radius 2 is 1.89 bits per heavy atom. The van der Waals surface area contributed by atoms with E-state index < -0.39 is 11.8 Å². The minimum absolute atomic E-state index is 0.00927. The van der Waals surface area contributed by atoms with Crippen LogP contribution in [0.3, 0.4) is 0 Å². The molecule has 1 rings (SSSR count). The van der Waals surface area contributed by atoms with Crippen LogP contribution in [0.15, 0.2) is 11.4 Å². The molecule has 0 bridgehead atoms. The molecular weight excluding hydrogens is 264 g/mol. The highest BCUT2D eigenvalue weighted by Gasteiger charge is 2.12. The molecule has 0 aliphatic rings. The predicted molar refractivity (Wildman–Crippen MR) is 73.9 cm³/mol. The molecule has 102 valence electrons. The first-order valence-electron chi connectivity index (χ1n) is 5.56. The van der Waals surface area contributed by atoms with Crippen LogP contribution in [0.25, 0.3) is 0 Å². The topological polar surface area (TPSA) is 115 Å². The van der Waals surface area contributed by atoms with Crippen molar-refractivity contribution in [2.24, 2.45) is 17.2 Å². The van der Waals surface area contributed by atoms with Crippen molar-refractivity contribution in [3.63, 3.8) is 0 Å². The van der Waals surface area contributed by atoms with Crippen LogP contribution < -0.4 is 17.2 Å². The van der Waals surface area contributed by atoms with Gasteiger partial charge in [0.25, 0.3) is 0 Å². The molecule has 0 fully saturated rings. The van der Waals surface area contributed by atoms with Crippen molar-refractivity contribution in [3.05, 3.63) is 21.9 Å². The standard InChI is InChI=1S/C12H16N4O2S/c13-3-1-2-9-4-10(19-8-9)5-16(6-11(14)17)7-12(15)18/h4,8H,3,5-7,13H2,(H2,14,17)(H2,15,18). The highest BCUT2D eigenvalue weighted by atomic mass is 32.1. The molecule has 0 aromatic carbocycles. The third kappa shape index (κ3) is 6.01. The highest BCUT2D eigenvalue weighted by Crippen LogP contribution is 2.16. The SMILES string of the molecule is NCC#Cc1csc(CN(CC(N)=O)CC(N)=O)c1. The number of carbonyl (C=O) groups is 2. The molecule has 0 saturated heterocycles. The summed E-state index contributed by atoms with van der Waals surface area (Å²) in [5.74, 6) is 4.67. The Kier molecular flexibility index (Phi) is 6.02. The van der Waals surface area contributed by atoms with Crippen molar-refractivity contribution in [2.75, 3.05) is 19.6 Å². The Balaban J connectivity index is 2.69. The van der Waals surface area contributed by atoms with Gasteiger partial charge in [-0.05, 0) is 6.07 Å². The fourth-order valence-electron chi connectivity index (χ4n) is 1.51. The van der Waals surface area contributed by atoms with Crippen LogP contribution in [0.2, 0.25) is 0 Å². The third-order valence-electron chi connectivity index (χ3n) is 2.13. The van der Waals surface area contributed by atoms with Gasteiger partial charge in [-0.3, -0.25) is 14.5 Å². The van der Waals surface area contributed by atoms with Crippen molar-refractivity contribution >= 4 is 23.2 Å². The lowest BCUT2D eigenvalue weighted by Crippen LogP contribution is -2.38. The third-order valence-corrected chi connectivity index (χ3v) is 3.05. The fraction of sp³-hybridized carbons (Fsp3) is 0.333. The van der Waals surface area contributed by atoms with Crippen molar-refractivity contribution in [2.45, 2.75) is 6.54 Å². The number of amides is 2. The van der Waals surface area contributed by atoms with Gasteiger partial charge in [0.1, 0.15) is 0 Å². The molecule has 0 aliphatic carbocycles. The molecule has 1 aromatic rings. The summed E-state index contributed by atoms with van der Waals surface area (Å²) in [4.78, 5) is 24.4. The maximum Gasteiger partial charge on any atom is 0.231 e. The number of carbonyl (C=O) groups excluding carboxylic acids is 2. The number of hydrogen-bond donors (Lipinski definition) is 3. The van der Waals surface area contributed by atoms with E-state index >= 15 is 0 Å². The van der Waals surface area contributed by atoms with Gasteiger partial charge in [-0.15, -0.1) is 11.3 Å². The summed E-state index contributed by atoms with van der Waals surface area (Å²) in [6.45, 7) is 0.719. The van der Waals surface area contributed by atoms with E-state index in [1.54, 1.807) is 4.90 Å². The smallest absolute Gasteiger partial charge is 0.231 e. The van der Waals surface area contributed by atoms with Gasteiger partial charge in [-0.1, -0.05) is 11.8 Å². The molecule has 0 radical (unpaired) electrons. The lowest BCUT2D eigenvalue weighted by molar-refractivity contribution is -0.122. The molecule has 1 aromatic heterocycles. The number of nitrogens with zero attached hydrogens (tertiary/aromatic N) is 1. The Morgan fingerprint density at radius 1 is 1.26 bits per heavy atom. The van der Waals surface area contributed by atoms with Gasteiger partial charge in [0, 0.05) is 22.4 Å². The summed E-state index contributed by atoms with van der Waals surface area (Å²) in [6, 6.07) is 1.89. The number of rotatable bonds is 6. The average molecular weight is 280 g/mol. The largest absolute Gasteiger partial charge is 0.369 e. The number of thiophene rings is 1. The molecule has 2 amide bonds. The second-order valence-corrected chi connectivity index (χ2v) is 4.88. The van der Waals surface area contributed by atoms with Crippen LogP contribution >= 0.6 is 11.3 Å². The highest BCUT2D eigenvalue weighted by molar-refractivity contribution is 7.10. The van der Waals surface area contributed by atoms with Crippen LogP contribution in [0.5, 0.6) is 0 Å². The molecule has 0 unspecified atom stereocenters. The molecule has 0 atom stereocenters. The van der Waals surface area contributed by atoms with Gasteiger partial charge in [-0.25, -0.2) is 0 Å². The van der Waals surface area contributed by atoms with Crippen LogP contribution in [0.4, 0.5) is 0 Å². The van der Waals surface area contributed by atoms with E-state index in [-0.39, 0.29) is 13.1 Å². The molecular formula is C12H16N4O2S. The maximum atomic E-state index is 10.9. The molecule has 0 aliphatic heterocycles. The lowest BCUT2D eigenvalue weighted by Gasteiger charge is -2.17. The number of hydrogen-bond acceptors (Lipinski definition) is 5. The monoisotopic (exact) mass is 280 g/mol. The summed E-state index contributed by atoms with van der Waals surface area (Å²) in [5, 5.41) is 1.89. The van der Waals surface area contributed by atoms with Crippen molar-refractivity contribution in [1.82, 2.24) is 4.90 Å². The summed E-state index contributed by atoms with van der Waals surface area (Å²) >= 11 is 1.49. The van der Waals surface area contributed by atoms with Gasteiger partial charge in [0.15, 0.2) is 0 Å². The second-order valence-electron chi connectivity index (χ2n) is 3.89. The Labute approximate surface area is 115 Å². The molecule has 6 N–H and O–H groups in total. The average Bonchev–Trinajstić information content (AvgIpc) is 2.72. The zero-order valence-electron chi connectivity index (χ0n) is 10.4. The van der Waals surface area contributed by atoms with Gasteiger partial charge >= 0.3 is 0 Å². The van der Waals surface area contributed by atoms with E-state index in [9.17, 15) is 9.59 Å². The molecule has 0 spiro atoms. The van der Waals surface area contributed by atoms with Gasteiger partial charge < -0.3 is 17.2 Å². The van der Waals surface area contributed by atoms with Crippen LogP contribution in [-0.2, 0) is 16.1 Å². The van der Waals surface area contributed by atoms with E-state index in [1.807, 2.05) is 11.4 Å². The molecule has 1 heterocycles. The normalized spacial score (nSPS) is 10.0. The summed E-state index contributed by atoms with van der Waals surface area (Å²) in [6.07, 6.45) is 0. The predicted octanol–water partition coefficient (Wildman–Crippen LogP) is -1.17. The van der Waals surface area contributed by atoms with Crippen molar-refractivity contribution < 1.29 is 9.59 Å². The second kappa shape index (κ2) is 7.53. The summed E-state index contributed by atoms with van der Waals surface area (Å²) in [7, 11) is 0. The van der Waals surface area contributed by atoms with Gasteiger partial charge in [0.2, 0.25) is 11.8 Å². The number of nitrogens with two attached hydrogens (primary N) is 3. The molecule has 6 nitrogen and oxygen atoms in total. The minimum Gasteiger partial charge on any atom is -0.369 e. The van der Waals surface area contributed by atoms with E-state index in [0.29, 0.717) is 13.1 Å². The van der Waals surface area contributed by atoms with E-state index in [0.717, 1.165) is 10.4 Å². The van der Waals surface area contributed by atoms with Crippen molar-refractivity contribution in [3.8, 4) is 11.8 Å². The van der Waals surface area contributed by atoms with E-state index in [1.165, 1.54) is 11.3 Å². The Bertz CT molecular complexity index is 499. The minimum atomic E-state index is -0.499. The number of primary amides is 2.